The predicted octanol–water partition coefficient (Wildman–Crippen LogP) is 8.77. The number of rotatable bonds is 7. The Morgan fingerprint density at radius 3 is 1.47 bits per heavy atom. The molecule has 0 spiro atoms. The monoisotopic (exact) mass is 479 g/mol. The number of halogens is 6. The SMILES string of the molecule is CC(C)CC(C#C[Si](C(C)C)(C(C)C)C(C)C)Nc1cc(C(F)(F)F)cc(C(F)(F)F)c1. The largest absolute Gasteiger partial charge is 0.416 e. The lowest BCUT2D eigenvalue weighted by Crippen LogP contribution is -2.43. The van der Waals surface area contributed by atoms with E-state index in [1.54, 1.807) is 0 Å². The molecule has 32 heavy (non-hydrogen) atoms. The van der Waals surface area contributed by atoms with Crippen LogP contribution in [0.4, 0.5) is 32.0 Å². The molecule has 1 atom stereocenters. The zero-order chi connectivity index (χ0) is 25.1. The lowest BCUT2D eigenvalue weighted by Gasteiger charge is -2.38. The summed E-state index contributed by atoms with van der Waals surface area (Å²) in [5, 5.41) is 2.87. The Bertz CT molecular complexity index is 758. The summed E-state index contributed by atoms with van der Waals surface area (Å²) in [5.74, 6) is 3.39. The highest BCUT2D eigenvalue weighted by Gasteiger charge is 2.42. The quantitative estimate of drug-likeness (QED) is 0.234. The molecule has 1 aromatic rings. The summed E-state index contributed by atoms with van der Waals surface area (Å²) in [6.45, 7) is 16.8. The van der Waals surface area contributed by atoms with Gasteiger partial charge in [-0.05, 0) is 47.2 Å². The van der Waals surface area contributed by atoms with Crippen LogP contribution in [0.5, 0.6) is 0 Å². The molecule has 1 aromatic carbocycles. The van der Waals surface area contributed by atoms with Gasteiger partial charge < -0.3 is 5.32 Å². The fourth-order valence-corrected chi connectivity index (χ4v) is 9.80. The fourth-order valence-electron chi connectivity index (χ4n) is 4.51. The summed E-state index contributed by atoms with van der Waals surface area (Å²) in [4.78, 5) is 0. The van der Waals surface area contributed by atoms with Gasteiger partial charge in [-0.2, -0.15) is 26.3 Å². The van der Waals surface area contributed by atoms with E-state index in [0.29, 0.717) is 23.0 Å². The Labute approximate surface area is 189 Å². The van der Waals surface area contributed by atoms with Gasteiger partial charge in [-0.15, -0.1) is 5.54 Å². The first-order valence-electron chi connectivity index (χ1n) is 11.0. The summed E-state index contributed by atoms with van der Waals surface area (Å²) < 4.78 is 79.4. The van der Waals surface area contributed by atoms with Crippen LogP contribution in [-0.2, 0) is 12.4 Å². The van der Waals surface area contributed by atoms with Crippen molar-refractivity contribution in [1.82, 2.24) is 0 Å². The molecule has 0 aliphatic carbocycles. The average molecular weight is 480 g/mol. The molecular weight excluding hydrogens is 444 g/mol. The minimum absolute atomic E-state index is 0.141. The average Bonchev–Trinajstić information content (AvgIpc) is 2.58. The maximum atomic E-state index is 13.2. The van der Waals surface area contributed by atoms with Crippen molar-refractivity contribution >= 4 is 13.8 Å². The van der Waals surface area contributed by atoms with Gasteiger partial charge in [0.15, 0.2) is 0 Å². The van der Waals surface area contributed by atoms with Gasteiger partial charge in [0.25, 0.3) is 0 Å². The first kappa shape index (κ1) is 28.4. The van der Waals surface area contributed by atoms with Crippen LogP contribution >= 0.6 is 0 Å². The van der Waals surface area contributed by atoms with Crippen molar-refractivity contribution in [3.8, 4) is 11.5 Å². The van der Waals surface area contributed by atoms with E-state index in [2.05, 4.69) is 58.3 Å². The van der Waals surface area contributed by atoms with Crippen LogP contribution in [0, 0.1) is 17.4 Å². The Balaban J connectivity index is 3.52. The molecule has 0 bridgehead atoms. The molecule has 0 heterocycles. The molecule has 1 rings (SSSR count). The van der Waals surface area contributed by atoms with Gasteiger partial charge >= 0.3 is 12.4 Å². The molecule has 182 valence electrons. The number of anilines is 1. The molecule has 0 saturated carbocycles. The lowest BCUT2D eigenvalue weighted by atomic mass is 10.0. The molecule has 0 saturated heterocycles. The third-order valence-corrected chi connectivity index (χ3v) is 12.3. The van der Waals surface area contributed by atoms with Crippen molar-refractivity contribution in [3.63, 3.8) is 0 Å². The van der Waals surface area contributed by atoms with Gasteiger partial charge in [-0.3, -0.25) is 0 Å². The second-order valence-corrected chi connectivity index (χ2v) is 15.4. The zero-order valence-electron chi connectivity index (χ0n) is 20.1. The van der Waals surface area contributed by atoms with E-state index in [0.717, 1.165) is 12.1 Å². The molecule has 0 fully saturated rings. The van der Waals surface area contributed by atoms with Gasteiger partial charge in [0.05, 0.1) is 17.2 Å². The van der Waals surface area contributed by atoms with Crippen molar-refractivity contribution in [3.05, 3.63) is 29.3 Å². The molecule has 1 nitrogen and oxygen atoms in total. The molecule has 0 aliphatic heterocycles. The Kier molecular flexibility index (Phi) is 9.36. The predicted molar refractivity (Wildman–Crippen MR) is 122 cm³/mol. The minimum atomic E-state index is -4.88. The van der Waals surface area contributed by atoms with Crippen LogP contribution in [0.1, 0.15) is 72.9 Å². The Hall–Kier alpha value is -1.62. The summed E-state index contributed by atoms with van der Waals surface area (Å²) in [6.07, 6.45) is -9.26. The van der Waals surface area contributed by atoms with Crippen molar-refractivity contribution < 1.29 is 26.3 Å². The number of hydrogen-bond acceptors (Lipinski definition) is 1. The van der Waals surface area contributed by atoms with Gasteiger partial charge in [0.1, 0.15) is 8.07 Å². The third-order valence-electron chi connectivity index (χ3n) is 5.96. The standard InChI is InChI=1S/C24H35F6NSi/c1-15(2)11-21(9-10-32(16(3)4,17(5)6)18(7)8)31-22-13-19(23(25,26)27)12-20(14-22)24(28,29)30/h12-18,21,31H,11H2,1-8H3. The molecule has 0 aliphatic rings. The van der Waals surface area contributed by atoms with Crippen LogP contribution in [0.25, 0.3) is 0 Å². The topological polar surface area (TPSA) is 12.0 Å². The van der Waals surface area contributed by atoms with Crippen molar-refractivity contribution in [2.75, 3.05) is 5.32 Å². The maximum Gasteiger partial charge on any atom is 0.416 e. The van der Waals surface area contributed by atoms with Gasteiger partial charge in [-0.1, -0.05) is 61.3 Å². The Morgan fingerprint density at radius 1 is 0.750 bits per heavy atom. The molecule has 0 aromatic heterocycles. The van der Waals surface area contributed by atoms with E-state index in [9.17, 15) is 26.3 Å². The van der Waals surface area contributed by atoms with E-state index in [-0.39, 0.29) is 17.7 Å². The van der Waals surface area contributed by atoms with Crippen LogP contribution in [0.3, 0.4) is 0 Å². The normalized spacial score (nSPS) is 14.2. The molecule has 1 unspecified atom stereocenters. The zero-order valence-corrected chi connectivity index (χ0v) is 21.1. The van der Waals surface area contributed by atoms with Crippen LogP contribution in [-0.4, -0.2) is 14.1 Å². The summed E-state index contributed by atoms with van der Waals surface area (Å²) in [6, 6.07) is 1.04. The summed E-state index contributed by atoms with van der Waals surface area (Å²) in [5.41, 5.74) is 1.72. The van der Waals surface area contributed by atoms with E-state index in [1.807, 2.05) is 13.8 Å². The Morgan fingerprint density at radius 2 is 1.16 bits per heavy atom. The first-order chi connectivity index (χ1) is 14.4. The third kappa shape index (κ3) is 7.19. The maximum absolute atomic E-state index is 13.2. The highest BCUT2D eigenvalue weighted by molar-refractivity contribution is 6.90. The van der Waals surface area contributed by atoms with Gasteiger partial charge in [0, 0.05) is 5.69 Å². The van der Waals surface area contributed by atoms with Gasteiger partial charge in [0.2, 0.25) is 0 Å². The van der Waals surface area contributed by atoms with E-state index in [4.69, 9.17) is 0 Å². The second-order valence-electron chi connectivity index (χ2n) is 9.79. The molecule has 8 heteroatoms. The molecule has 0 amide bonds. The van der Waals surface area contributed by atoms with Crippen LogP contribution in [0.2, 0.25) is 16.6 Å². The number of alkyl halides is 6. The fraction of sp³-hybridized carbons (Fsp3) is 0.667. The second kappa shape index (κ2) is 10.5. The van der Waals surface area contributed by atoms with Crippen molar-refractivity contribution in [2.24, 2.45) is 5.92 Å². The number of benzene rings is 1. The molecule has 1 N–H and O–H groups in total. The first-order valence-corrected chi connectivity index (χ1v) is 13.2. The summed E-state index contributed by atoms with van der Waals surface area (Å²) in [7, 11) is -2.10. The minimum Gasteiger partial charge on any atom is -0.372 e. The van der Waals surface area contributed by atoms with Crippen LogP contribution in [0.15, 0.2) is 18.2 Å². The number of nitrogens with one attached hydrogen (secondary N) is 1. The summed E-state index contributed by atoms with van der Waals surface area (Å²) >= 11 is 0. The molecule has 0 radical (unpaired) electrons. The highest BCUT2D eigenvalue weighted by Crippen LogP contribution is 2.41. The molecular formula is C24H35F6NSi. The van der Waals surface area contributed by atoms with E-state index in [1.165, 1.54) is 0 Å². The van der Waals surface area contributed by atoms with Gasteiger partial charge in [-0.25, -0.2) is 0 Å². The number of hydrogen-bond donors (Lipinski definition) is 1. The van der Waals surface area contributed by atoms with Crippen LogP contribution < -0.4 is 5.32 Å². The van der Waals surface area contributed by atoms with Crippen molar-refractivity contribution in [2.45, 2.75) is 96.8 Å². The van der Waals surface area contributed by atoms with E-state index < -0.39 is 37.6 Å². The lowest BCUT2D eigenvalue weighted by molar-refractivity contribution is -0.143. The van der Waals surface area contributed by atoms with E-state index >= 15 is 0 Å². The smallest absolute Gasteiger partial charge is 0.372 e. The van der Waals surface area contributed by atoms with Crippen molar-refractivity contribution in [1.29, 1.82) is 0 Å². The highest BCUT2D eigenvalue weighted by atomic mass is 28.3.